The molecule has 2 heterocycles. The summed E-state index contributed by atoms with van der Waals surface area (Å²) < 4.78 is 0. The van der Waals surface area contributed by atoms with Crippen LogP contribution in [0.5, 0.6) is 0 Å². The minimum absolute atomic E-state index is 0.940. The maximum atomic E-state index is 4.90. The molecular formula is C23H36N4. The standard InChI is InChI=1S/C23H36N4/c1-2-24-23(25-14-6-7-15-26-16-8-9-17-26)27-18-12-22(13-19-27)20-21-10-4-3-5-11-21/h3-5,10-11,20H,2,6-9,12-19H2,1H3,(H,24,25). The number of unbranched alkanes of at least 4 members (excludes halogenated alkanes) is 1. The summed E-state index contributed by atoms with van der Waals surface area (Å²) in [6, 6.07) is 10.7. The molecule has 4 nitrogen and oxygen atoms in total. The number of nitrogens with zero attached hydrogens (tertiary/aromatic N) is 3. The van der Waals surface area contributed by atoms with Crippen LogP contribution < -0.4 is 5.32 Å². The number of likely N-dealkylation sites (tertiary alicyclic amines) is 2. The van der Waals surface area contributed by atoms with Crippen molar-refractivity contribution in [2.75, 3.05) is 45.8 Å². The molecule has 4 heteroatoms. The zero-order chi connectivity index (χ0) is 18.7. The van der Waals surface area contributed by atoms with E-state index in [0.29, 0.717) is 0 Å². The van der Waals surface area contributed by atoms with Crippen molar-refractivity contribution in [2.45, 2.75) is 45.4 Å². The number of hydrogen-bond donors (Lipinski definition) is 1. The number of nitrogens with one attached hydrogen (secondary N) is 1. The van der Waals surface area contributed by atoms with Crippen molar-refractivity contribution in [3.8, 4) is 0 Å². The molecule has 0 aliphatic carbocycles. The first kappa shape index (κ1) is 19.9. The molecule has 3 rings (SSSR count). The molecule has 27 heavy (non-hydrogen) atoms. The lowest BCUT2D eigenvalue weighted by molar-refractivity contribution is 0.330. The van der Waals surface area contributed by atoms with Gasteiger partial charge in [-0.3, -0.25) is 4.99 Å². The highest BCUT2D eigenvalue weighted by Gasteiger charge is 2.17. The predicted molar refractivity (Wildman–Crippen MR) is 116 cm³/mol. The van der Waals surface area contributed by atoms with E-state index in [1.807, 2.05) is 0 Å². The Labute approximate surface area is 165 Å². The number of hydrogen-bond acceptors (Lipinski definition) is 2. The highest BCUT2D eigenvalue weighted by Crippen LogP contribution is 2.19. The van der Waals surface area contributed by atoms with E-state index in [0.717, 1.165) is 45.0 Å². The Morgan fingerprint density at radius 1 is 1.04 bits per heavy atom. The second-order valence-electron chi connectivity index (χ2n) is 7.69. The predicted octanol–water partition coefficient (Wildman–Crippen LogP) is 4.01. The molecule has 1 aromatic carbocycles. The van der Waals surface area contributed by atoms with E-state index < -0.39 is 0 Å². The van der Waals surface area contributed by atoms with Crippen molar-refractivity contribution in [2.24, 2.45) is 4.99 Å². The third-order valence-electron chi connectivity index (χ3n) is 5.55. The lowest BCUT2D eigenvalue weighted by Gasteiger charge is -2.31. The van der Waals surface area contributed by atoms with Crippen molar-refractivity contribution >= 4 is 12.0 Å². The summed E-state index contributed by atoms with van der Waals surface area (Å²) in [5.74, 6) is 1.11. The molecule has 2 saturated heterocycles. The largest absolute Gasteiger partial charge is 0.357 e. The quantitative estimate of drug-likeness (QED) is 0.448. The van der Waals surface area contributed by atoms with Gasteiger partial charge in [0.05, 0.1) is 0 Å². The number of piperidine rings is 1. The van der Waals surface area contributed by atoms with Gasteiger partial charge in [-0.25, -0.2) is 0 Å². The van der Waals surface area contributed by atoms with Crippen LogP contribution in [0.4, 0.5) is 0 Å². The summed E-state index contributed by atoms with van der Waals surface area (Å²) in [5.41, 5.74) is 2.87. The summed E-state index contributed by atoms with van der Waals surface area (Å²) in [4.78, 5) is 9.94. The first-order valence-electron chi connectivity index (χ1n) is 10.9. The second-order valence-corrected chi connectivity index (χ2v) is 7.69. The van der Waals surface area contributed by atoms with Gasteiger partial charge in [-0.15, -0.1) is 0 Å². The van der Waals surface area contributed by atoms with Crippen LogP contribution in [0.15, 0.2) is 40.9 Å². The van der Waals surface area contributed by atoms with Crippen LogP contribution in [-0.4, -0.2) is 61.6 Å². The molecule has 1 N–H and O–H groups in total. The van der Waals surface area contributed by atoms with Gasteiger partial charge in [0.1, 0.15) is 0 Å². The molecule has 0 radical (unpaired) electrons. The summed E-state index contributed by atoms with van der Waals surface area (Å²) in [5, 5.41) is 3.49. The van der Waals surface area contributed by atoms with E-state index in [1.54, 1.807) is 5.57 Å². The van der Waals surface area contributed by atoms with Crippen LogP contribution in [0, 0.1) is 0 Å². The van der Waals surface area contributed by atoms with Crippen molar-refractivity contribution in [3.05, 3.63) is 41.5 Å². The van der Waals surface area contributed by atoms with Crippen LogP contribution in [0.3, 0.4) is 0 Å². The average Bonchev–Trinajstić information content (AvgIpc) is 3.22. The van der Waals surface area contributed by atoms with Crippen LogP contribution in [0.1, 0.15) is 51.0 Å². The number of guanidine groups is 1. The third-order valence-corrected chi connectivity index (χ3v) is 5.55. The van der Waals surface area contributed by atoms with Crippen LogP contribution in [-0.2, 0) is 0 Å². The second kappa shape index (κ2) is 11.1. The smallest absolute Gasteiger partial charge is 0.193 e. The fourth-order valence-corrected chi connectivity index (χ4v) is 4.00. The average molecular weight is 369 g/mol. The fraction of sp³-hybridized carbons (Fsp3) is 0.609. The zero-order valence-corrected chi connectivity index (χ0v) is 17.0. The first-order chi connectivity index (χ1) is 13.3. The maximum Gasteiger partial charge on any atom is 0.193 e. The van der Waals surface area contributed by atoms with Gasteiger partial charge in [0, 0.05) is 26.2 Å². The number of aliphatic imine (C=N–C) groups is 1. The molecule has 0 amide bonds. The molecule has 2 aliphatic rings. The fourth-order valence-electron chi connectivity index (χ4n) is 4.00. The molecule has 2 fully saturated rings. The van der Waals surface area contributed by atoms with Gasteiger partial charge in [-0.2, -0.15) is 0 Å². The normalized spacial score (nSPS) is 18.8. The van der Waals surface area contributed by atoms with E-state index in [4.69, 9.17) is 4.99 Å². The Hall–Kier alpha value is -1.81. The molecule has 2 aliphatic heterocycles. The molecule has 0 spiro atoms. The van der Waals surface area contributed by atoms with Gasteiger partial charge in [-0.1, -0.05) is 42.0 Å². The minimum atomic E-state index is 0.940. The Kier molecular flexibility index (Phi) is 8.22. The van der Waals surface area contributed by atoms with Gasteiger partial charge in [0.2, 0.25) is 0 Å². The molecule has 0 aromatic heterocycles. The lowest BCUT2D eigenvalue weighted by atomic mass is 10.0. The van der Waals surface area contributed by atoms with E-state index in [2.05, 4.69) is 58.4 Å². The molecule has 0 bridgehead atoms. The lowest BCUT2D eigenvalue weighted by Crippen LogP contribution is -2.44. The Morgan fingerprint density at radius 3 is 2.48 bits per heavy atom. The Balaban J connectivity index is 1.43. The van der Waals surface area contributed by atoms with Crippen LogP contribution >= 0.6 is 0 Å². The molecular weight excluding hydrogens is 332 g/mol. The van der Waals surface area contributed by atoms with E-state index in [1.165, 1.54) is 50.9 Å². The molecule has 0 atom stereocenters. The maximum absolute atomic E-state index is 4.90. The molecule has 0 unspecified atom stereocenters. The first-order valence-corrected chi connectivity index (χ1v) is 10.9. The summed E-state index contributed by atoms with van der Waals surface area (Å²) in [6.45, 7) is 10.0. The van der Waals surface area contributed by atoms with Gasteiger partial charge < -0.3 is 15.1 Å². The molecule has 1 aromatic rings. The SMILES string of the molecule is CCNC(=NCCCCN1CCCC1)N1CCC(=Cc2ccccc2)CC1. The third kappa shape index (κ3) is 6.69. The van der Waals surface area contributed by atoms with E-state index in [-0.39, 0.29) is 0 Å². The van der Waals surface area contributed by atoms with Gasteiger partial charge in [0.25, 0.3) is 0 Å². The topological polar surface area (TPSA) is 30.9 Å². The number of benzene rings is 1. The van der Waals surface area contributed by atoms with Gasteiger partial charge in [-0.05, 0) is 70.6 Å². The van der Waals surface area contributed by atoms with Crippen molar-refractivity contribution in [1.82, 2.24) is 15.1 Å². The van der Waals surface area contributed by atoms with E-state index in [9.17, 15) is 0 Å². The highest BCUT2D eigenvalue weighted by molar-refractivity contribution is 5.80. The van der Waals surface area contributed by atoms with Crippen molar-refractivity contribution in [1.29, 1.82) is 0 Å². The van der Waals surface area contributed by atoms with Crippen molar-refractivity contribution < 1.29 is 0 Å². The van der Waals surface area contributed by atoms with Gasteiger partial charge >= 0.3 is 0 Å². The zero-order valence-electron chi connectivity index (χ0n) is 17.0. The summed E-state index contributed by atoms with van der Waals surface area (Å²) in [7, 11) is 0. The van der Waals surface area contributed by atoms with Crippen molar-refractivity contribution in [3.63, 3.8) is 0 Å². The van der Waals surface area contributed by atoms with E-state index >= 15 is 0 Å². The molecule has 0 saturated carbocycles. The van der Waals surface area contributed by atoms with Crippen LogP contribution in [0.2, 0.25) is 0 Å². The highest BCUT2D eigenvalue weighted by atomic mass is 15.3. The molecule has 148 valence electrons. The monoisotopic (exact) mass is 368 g/mol. The van der Waals surface area contributed by atoms with Crippen LogP contribution in [0.25, 0.3) is 6.08 Å². The Bertz CT molecular complexity index is 592. The summed E-state index contributed by atoms with van der Waals surface area (Å²) in [6.07, 6.45) is 9.87. The minimum Gasteiger partial charge on any atom is -0.357 e. The Morgan fingerprint density at radius 2 is 1.78 bits per heavy atom. The summed E-state index contributed by atoms with van der Waals surface area (Å²) >= 11 is 0. The van der Waals surface area contributed by atoms with Gasteiger partial charge in [0.15, 0.2) is 5.96 Å². The number of rotatable bonds is 7.